The Balaban J connectivity index is 2.24. The first kappa shape index (κ1) is 8.73. The molecule has 0 saturated carbocycles. The van der Waals surface area contributed by atoms with Crippen LogP contribution in [0.15, 0.2) is 46.5 Å². The number of aromatic nitrogens is 2. The van der Waals surface area contributed by atoms with Gasteiger partial charge in [-0.05, 0) is 24.3 Å². The van der Waals surface area contributed by atoms with Gasteiger partial charge in [-0.3, -0.25) is 9.97 Å². The molecule has 0 amide bonds. The van der Waals surface area contributed by atoms with Crippen molar-refractivity contribution in [1.82, 2.24) is 9.97 Å². The van der Waals surface area contributed by atoms with Gasteiger partial charge < -0.3 is 0 Å². The van der Waals surface area contributed by atoms with Crippen LogP contribution in [0, 0.1) is 0 Å². The highest BCUT2D eigenvalue weighted by molar-refractivity contribution is 7.85. The average molecular weight is 216 g/mol. The minimum absolute atomic E-state index is 0.679. The number of hydrogen-bond donors (Lipinski definition) is 0. The molecule has 0 aliphatic carbocycles. The number of fused-ring (bicyclic) bond motifs is 2. The topological polar surface area (TPSA) is 42.9 Å². The van der Waals surface area contributed by atoms with Gasteiger partial charge in [-0.1, -0.05) is 0 Å². The van der Waals surface area contributed by atoms with Gasteiger partial charge in [0.25, 0.3) is 0 Å². The van der Waals surface area contributed by atoms with Gasteiger partial charge in [0.15, 0.2) is 0 Å². The van der Waals surface area contributed by atoms with E-state index in [1.165, 1.54) is 0 Å². The van der Waals surface area contributed by atoms with E-state index < -0.39 is 10.8 Å². The second-order valence-corrected chi connectivity index (χ2v) is 4.76. The molecule has 0 spiro atoms. The lowest BCUT2D eigenvalue weighted by Crippen LogP contribution is -2.11. The average Bonchev–Trinajstić information content (AvgIpc) is 2.30. The van der Waals surface area contributed by atoms with Crippen LogP contribution >= 0.6 is 0 Å². The SMILES string of the molecule is O=S1c2cccnc2Cc2ncccc21. The number of pyridine rings is 2. The van der Waals surface area contributed by atoms with Crippen molar-refractivity contribution in [2.45, 2.75) is 16.2 Å². The fourth-order valence-corrected chi connectivity index (χ4v) is 3.05. The molecule has 0 N–H and O–H groups in total. The van der Waals surface area contributed by atoms with Crippen LogP contribution in [0.4, 0.5) is 0 Å². The summed E-state index contributed by atoms with van der Waals surface area (Å²) in [6.45, 7) is 0. The van der Waals surface area contributed by atoms with Crippen LogP contribution in [0.25, 0.3) is 0 Å². The largest absolute Gasteiger partial charge is 0.260 e. The normalized spacial score (nSPS) is 14.4. The summed E-state index contributed by atoms with van der Waals surface area (Å²) in [7, 11) is -1.12. The van der Waals surface area contributed by atoms with E-state index in [9.17, 15) is 4.21 Å². The standard InChI is InChI=1S/C11H8N2OS/c14-15-10-3-1-5-12-8(10)7-9-11(15)4-2-6-13-9/h1-6H,7H2. The quantitative estimate of drug-likeness (QED) is 0.572. The zero-order chi connectivity index (χ0) is 10.3. The van der Waals surface area contributed by atoms with Crippen LogP contribution in [0.1, 0.15) is 11.4 Å². The summed E-state index contributed by atoms with van der Waals surface area (Å²) in [6, 6.07) is 7.37. The molecule has 0 unspecified atom stereocenters. The number of rotatable bonds is 0. The molecule has 0 radical (unpaired) electrons. The van der Waals surface area contributed by atoms with Gasteiger partial charge >= 0.3 is 0 Å². The Bertz CT molecular complexity index is 506. The van der Waals surface area contributed by atoms with E-state index in [0.717, 1.165) is 21.2 Å². The van der Waals surface area contributed by atoms with Gasteiger partial charge in [-0.15, -0.1) is 0 Å². The minimum atomic E-state index is -1.12. The van der Waals surface area contributed by atoms with E-state index in [-0.39, 0.29) is 0 Å². The number of nitrogens with zero attached hydrogens (tertiary/aromatic N) is 2. The lowest BCUT2D eigenvalue weighted by Gasteiger charge is -2.16. The Morgan fingerprint density at radius 2 is 1.53 bits per heavy atom. The first-order valence-electron chi connectivity index (χ1n) is 4.66. The van der Waals surface area contributed by atoms with E-state index in [2.05, 4.69) is 9.97 Å². The van der Waals surface area contributed by atoms with Gasteiger partial charge in [0.05, 0.1) is 32.0 Å². The third-order valence-electron chi connectivity index (χ3n) is 2.43. The Kier molecular flexibility index (Phi) is 1.89. The van der Waals surface area contributed by atoms with Crippen LogP contribution < -0.4 is 0 Å². The Hall–Kier alpha value is -1.55. The summed E-state index contributed by atoms with van der Waals surface area (Å²) < 4.78 is 12.1. The van der Waals surface area contributed by atoms with Gasteiger partial charge in [0, 0.05) is 18.8 Å². The first-order valence-corrected chi connectivity index (χ1v) is 5.81. The molecule has 0 bridgehead atoms. The van der Waals surface area contributed by atoms with Crippen molar-refractivity contribution in [2.75, 3.05) is 0 Å². The van der Waals surface area contributed by atoms with Gasteiger partial charge in [0.2, 0.25) is 0 Å². The third-order valence-corrected chi connectivity index (χ3v) is 3.97. The van der Waals surface area contributed by atoms with Gasteiger partial charge in [-0.25, -0.2) is 4.21 Å². The van der Waals surface area contributed by atoms with Crippen molar-refractivity contribution >= 4 is 10.8 Å². The molecular formula is C11H8N2OS. The van der Waals surface area contributed by atoms with Crippen LogP contribution in [0.5, 0.6) is 0 Å². The summed E-state index contributed by atoms with van der Waals surface area (Å²) >= 11 is 0. The molecule has 15 heavy (non-hydrogen) atoms. The van der Waals surface area contributed by atoms with Crippen LogP contribution in [-0.4, -0.2) is 14.2 Å². The summed E-state index contributed by atoms with van der Waals surface area (Å²) in [4.78, 5) is 10.1. The van der Waals surface area contributed by atoms with Gasteiger partial charge in [0.1, 0.15) is 0 Å². The molecule has 2 aromatic rings. The molecule has 0 saturated heterocycles. The van der Waals surface area contributed by atoms with Crippen LogP contribution in [0.2, 0.25) is 0 Å². The van der Waals surface area contributed by atoms with Crippen molar-refractivity contribution in [1.29, 1.82) is 0 Å². The lowest BCUT2D eigenvalue weighted by molar-refractivity contribution is 0.676. The maximum Gasteiger partial charge on any atom is 0.0887 e. The van der Waals surface area contributed by atoms with Crippen molar-refractivity contribution in [3.8, 4) is 0 Å². The molecule has 74 valence electrons. The minimum Gasteiger partial charge on any atom is -0.260 e. The molecule has 3 heterocycles. The summed E-state index contributed by atoms with van der Waals surface area (Å²) in [5.41, 5.74) is 1.75. The molecule has 3 nitrogen and oxygen atoms in total. The smallest absolute Gasteiger partial charge is 0.0887 e. The third kappa shape index (κ3) is 1.29. The summed E-state index contributed by atoms with van der Waals surface area (Å²) in [5.74, 6) is 0. The van der Waals surface area contributed by atoms with Crippen molar-refractivity contribution in [3.05, 3.63) is 48.0 Å². The molecule has 4 heteroatoms. The van der Waals surface area contributed by atoms with Crippen molar-refractivity contribution in [3.63, 3.8) is 0 Å². The van der Waals surface area contributed by atoms with Crippen molar-refractivity contribution in [2.24, 2.45) is 0 Å². The van der Waals surface area contributed by atoms with E-state index in [0.29, 0.717) is 6.42 Å². The lowest BCUT2D eigenvalue weighted by atomic mass is 10.2. The maximum atomic E-state index is 12.1. The molecule has 3 rings (SSSR count). The Labute approximate surface area is 89.7 Å². The predicted octanol–water partition coefficient (Wildman–Crippen LogP) is 1.55. The maximum absolute atomic E-state index is 12.1. The highest BCUT2D eigenvalue weighted by atomic mass is 32.2. The predicted molar refractivity (Wildman–Crippen MR) is 56.0 cm³/mol. The highest BCUT2D eigenvalue weighted by Crippen LogP contribution is 2.28. The van der Waals surface area contributed by atoms with Crippen LogP contribution in [-0.2, 0) is 17.2 Å². The van der Waals surface area contributed by atoms with Crippen molar-refractivity contribution < 1.29 is 4.21 Å². The fraction of sp³-hybridized carbons (Fsp3) is 0.0909. The first-order chi connectivity index (χ1) is 7.36. The molecule has 0 aromatic carbocycles. The van der Waals surface area contributed by atoms with E-state index >= 15 is 0 Å². The van der Waals surface area contributed by atoms with E-state index in [1.807, 2.05) is 24.3 Å². The monoisotopic (exact) mass is 216 g/mol. The fourth-order valence-electron chi connectivity index (χ4n) is 1.73. The highest BCUT2D eigenvalue weighted by Gasteiger charge is 2.22. The summed E-state index contributed by atoms with van der Waals surface area (Å²) in [5, 5.41) is 0. The summed E-state index contributed by atoms with van der Waals surface area (Å²) in [6.07, 6.45) is 4.13. The molecule has 1 aliphatic heterocycles. The molecule has 2 aromatic heterocycles. The zero-order valence-corrected chi connectivity index (χ0v) is 8.70. The van der Waals surface area contributed by atoms with Gasteiger partial charge in [-0.2, -0.15) is 0 Å². The molecular weight excluding hydrogens is 208 g/mol. The molecule has 0 fully saturated rings. The second kappa shape index (κ2) is 3.24. The molecule has 1 aliphatic rings. The second-order valence-electron chi connectivity index (χ2n) is 3.34. The Morgan fingerprint density at radius 3 is 2.07 bits per heavy atom. The van der Waals surface area contributed by atoms with Crippen LogP contribution in [0.3, 0.4) is 0 Å². The Morgan fingerprint density at radius 1 is 1.00 bits per heavy atom. The zero-order valence-electron chi connectivity index (χ0n) is 7.88. The van der Waals surface area contributed by atoms with E-state index in [1.54, 1.807) is 12.4 Å². The number of hydrogen-bond acceptors (Lipinski definition) is 3. The van der Waals surface area contributed by atoms with E-state index in [4.69, 9.17) is 0 Å². The molecule has 0 atom stereocenters.